The molecular formula is C14H16ClN3O2. The van der Waals surface area contributed by atoms with E-state index in [1.165, 1.54) is 4.57 Å². The van der Waals surface area contributed by atoms with Gasteiger partial charge in [0.1, 0.15) is 0 Å². The van der Waals surface area contributed by atoms with Crippen LogP contribution in [0.15, 0.2) is 33.9 Å². The van der Waals surface area contributed by atoms with Gasteiger partial charge in [-0.25, -0.2) is 23.5 Å². The van der Waals surface area contributed by atoms with Gasteiger partial charge in [0, 0.05) is 5.02 Å². The number of nitrogens with zero attached hydrogens (tertiary/aromatic N) is 3. The third-order valence-electron chi connectivity index (χ3n) is 3.93. The van der Waals surface area contributed by atoms with Gasteiger partial charge in [0.2, 0.25) is 0 Å². The second kappa shape index (κ2) is 4.66. The van der Waals surface area contributed by atoms with E-state index in [2.05, 4.69) is 0 Å². The largest absolute Gasteiger partial charge is 0.352 e. The van der Waals surface area contributed by atoms with Crippen LogP contribution in [0.5, 0.6) is 0 Å². The van der Waals surface area contributed by atoms with Crippen LogP contribution in [0.3, 0.4) is 0 Å². The Morgan fingerprint density at radius 3 is 1.85 bits per heavy atom. The Bertz CT molecular complexity index is 713. The topological polar surface area (TPSA) is 48.9 Å². The van der Waals surface area contributed by atoms with Crippen LogP contribution < -0.4 is 11.4 Å². The maximum Gasteiger partial charge on any atom is 0.352 e. The van der Waals surface area contributed by atoms with Crippen molar-refractivity contribution in [1.29, 1.82) is 0 Å². The van der Waals surface area contributed by atoms with E-state index in [0.717, 1.165) is 12.8 Å². The van der Waals surface area contributed by atoms with E-state index in [9.17, 15) is 9.59 Å². The summed E-state index contributed by atoms with van der Waals surface area (Å²) in [6, 6.07) is 6.81. The van der Waals surface area contributed by atoms with Crippen LogP contribution in [0, 0.1) is 0 Å². The number of aromatic nitrogens is 3. The van der Waals surface area contributed by atoms with Crippen LogP contribution >= 0.6 is 11.6 Å². The van der Waals surface area contributed by atoms with Crippen molar-refractivity contribution in [3.8, 4) is 5.69 Å². The van der Waals surface area contributed by atoms with Crippen molar-refractivity contribution >= 4 is 11.6 Å². The van der Waals surface area contributed by atoms with Crippen molar-refractivity contribution in [1.82, 2.24) is 13.9 Å². The van der Waals surface area contributed by atoms with Gasteiger partial charge < -0.3 is 0 Å². The van der Waals surface area contributed by atoms with Gasteiger partial charge in [0.25, 0.3) is 0 Å². The van der Waals surface area contributed by atoms with Gasteiger partial charge in [0.15, 0.2) is 0 Å². The Morgan fingerprint density at radius 2 is 1.40 bits per heavy atom. The normalized spacial score (nSPS) is 21.8. The van der Waals surface area contributed by atoms with Crippen LogP contribution in [0.25, 0.3) is 5.69 Å². The Kier molecular flexibility index (Phi) is 3.09. The molecular weight excluding hydrogens is 278 g/mol. The van der Waals surface area contributed by atoms with Gasteiger partial charge in [-0.3, -0.25) is 0 Å². The third-order valence-corrected chi connectivity index (χ3v) is 4.18. The van der Waals surface area contributed by atoms with Gasteiger partial charge in [-0.05, 0) is 51.0 Å². The summed E-state index contributed by atoms with van der Waals surface area (Å²) >= 11 is 5.85. The molecule has 106 valence electrons. The van der Waals surface area contributed by atoms with Crippen molar-refractivity contribution in [2.24, 2.45) is 0 Å². The standard InChI is InChI=1S/C14H16ClN3O2/c1-9-3-4-10(2)18-14(20)16(13(19)17(9)18)12-7-5-11(15)6-8-12/h5-10H,3-4H2,1-2H3. The minimum atomic E-state index is -0.281. The fraction of sp³-hybridized carbons (Fsp3) is 0.429. The van der Waals surface area contributed by atoms with Crippen molar-refractivity contribution in [3.05, 3.63) is 50.3 Å². The van der Waals surface area contributed by atoms with E-state index in [4.69, 9.17) is 11.6 Å². The predicted octanol–water partition coefficient (Wildman–Crippen LogP) is 2.37. The fourth-order valence-electron chi connectivity index (χ4n) is 2.81. The van der Waals surface area contributed by atoms with E-state index in [-0.39, 0.29) is 23.5 Å². The molecule has 0 saturated carbocycles. The molecule has 0 amide bonds. The highest BCUT2D eigenvalue weighted by Gasteiger charge is 2.28. The van der Waals surface area contributed by atoms with E-state index >= 15 is 0 Å². The van der Waals surface area contributed by atoms with Crippen LogP contribution in [0.2, 0.25) is 5.02 Å². The highest BCUT2D eigenvalue weighted by atomic mass is 35.5. The molecule has 2 heterocycles. The zero-order valence-corrected chi connectivity index (χ0v) is 12.2. The van der Waals surface area contributed by atoms with Gasteiger partial charge in [-0.15, -0.1) is 0 Å². The molecule has 0 fully saturated rings. The van der Waals surface area contributed by atoms with Gasteiger partial charge in [-0.1, -0.05) is 11.6 Å². The molecule has 20 heavy (non-hydrogen) atoms. The van der Waals surface area contributed by atoms with E-state index in [1.54, 1.807) is 33.6 Å². The Morgan fingerprint density at radius 1 is 0.950 bits per heavy atom. The molecule has 0 aliphatic carbocycles. The maximum absolute atomic E-state index is 12.5. The Labute approximate surface area is 121 Å². The van der Waals surface area contributed by atoms with Crippen LogP contribution in [-0.4, -0.2) is 13.9 Å². The lowest BCUT2D eigenvalue weighted by atomic mass is 10.1. The van der Waals surface area contributed by atoms with Crippen molar-refractivity contribution < 1.29 is 0 Å². The predicted molar refractivity (Wildman–Crippen MR) is 78.0 cm³/mol. The molecule has 6 heteroatoms. The Balaban J connectivity index is 2.29. The molecule has 0 spiro atoms. The van der Waals surface area contributed by atoms with Crippen LogP contribution in [0.1, 0.15) is 38.8 Å². The fourth-order valence-corrected chi connectivity index (χ4v) is 2.94. The first-order valence-corrected chi connectivity index (χ1v) is 7.10. The smallest absolute Gasteiger partial charge is 0.245 e. The minimum absolute atomic E-state index is 0.0416. The van der Waals surface area contributed by atoms with Gasteiger partial charge >= 0.3 is 11.4 Å². The van der Waals surface area contributed by atoms with Gasteiger partial charge in [-0.2, -0.15) is 0 Å². The lowest BCUT2D eigenvalue weighted by molar-refractivity contribution is 0.241. The highest BCUT2D eigenvalue weighted by Crippen LogP contribution is 2.24. The summed E-state index contributed by atoms with van der Waals surface area (Å²) in [5, 5.41) is 0.576. The first-order valence-electron chi connectivity index (χ1n) is 6.72. The molecule has 2 atom stereocenters. The zero-order chi connectivity index (χ0) is 14.4. The summed E-state index contributed by atoms with van der Waals surface area (Å²) in [7, 11) is 0. The van der Waals surface area contributed by atoms with Crippen molar-refractivity contribution in [2.45, 2.75) is 38.8 Å². The number of halogens is 1. The van der Waals surface area contributed by atoms with E-state index in [0.29, 0.717) is 10.7 Å². The Hall–Kier alpha value is -1.75. The lowest BCUT2D eigenvalue weighted by Crippen LogP contribution is -2.35. The summed E-state index contributed by atoms with van der Waals surface area (Å²) in [5.74, 6) is 0. The number of hydrogen-bond donors (Lipinski definition) is 0. The number of hydrogen-bond acceptors (Lipinski definition) is 2. The number of fused-ring (bicyclic) bond motifs is 1. The maximum atomic E-state index is 12.5. The van der Waals surface area contributed by atoms with Crippen molar-refractivity contribution in [3.63, 3.8) is 0 Å². The minimum Gasteiger partial charge on any atom is -0.245 e. The SMILES string of the molecule is CC1CCC(C)n2c(=O)n(-c3ccc(Cl)cc3)c(=O)n21. The van der Waals surface area contributed by atoms with Crippen molar-refractivity contribution in [2.75, 3.05) is 0 Å². The molecule has 2 unspecified atom stereocenters. The number of rotatable bonds is 1. The monoisotopic (exact) mass is 293 g/mol. The third kappa shape index (κ3) is 1.85. The lowest BCUT2D eigenvalue weighted by Gasteiger charge is -2.27. The second-order valence-corrected chi connectivity index (χ2v) is 5.78. The summed E-state index contributed by atoms with van der Waals surface area (Å²) in [5.41, 5.74) is -0.00838. The summed E-state index contributed by atoms with van der Waals surface area (Å²) in [4.78, 5) is 25.1. The first kappa shape index (κ1) is 13.2. The quantitative estimate of drug-likeness (QED) is 0.810. The van der Waals surface area contributed by atoms with E-state index in [1.807, 2.05) is 13.8 Å². The molecule has 2 aromatic rings. The molecule has 3 rings (SSSR count). The first-order chi connectivity index (χ1) is 9.50. The average Bonchev–Trinajstić information content (AvgIpc) is 2.69. The van der Waals surface area contributed by atoms with E-state index < -0.39 is 0 Å². The molecule has 0 N–H and O–H groups in total. The molecule has 1 aliphatic rings. The molecule has 1 aromatic heterocycles. The van der Waals surface area contributed by atoms with Gasteiger partial charge in [0.05, 0.1) is 17.8 Å². The molecule has 0 bridgehead atoms. The van der Waals surface area contributed by atoms with Crippen LogP contribution in [0.4, 0.5) is 0 Å². The summed E-state index contributed by atoms with van der Waals surface area (Å²) < 4.78 is 4.37. The highest BCUT2D eigenvalue weighted by molar-refractivity contribution is 6.30. The summed E-state index contributed by atoms with van der Waals surface area (Å²) in [6.45, 7) is 3.94. The average molecular weight is 294 g/mol. The number of benzene rings is 1. The second-order valence-electron chi connectivity index (χ2n) is 5.34. The molecule has 1 aromatic carbocycles. The molecule has 0 radical (unpaired) electrons. The molecule has 0 saturated heterocycles. The summed E-state index contributed by atoms with van der Waals surface area (Å²) in [6.07, 6.45) is 1.82. The molecule has 1 aliphatic heterocycles. The van der Waals surface area contributed by atoms with Crippen LogP contribution in [-0.2, 0) is 0 Å². The zero-order valence-electron chi connectivity index (χ0n) is 11.4. The molecule has 5 nitrogen and oxygen atoms in total.